The Morgan fingerprint density at radius 3 is 2.53 bits per heavy atom. The molecule has 0 aromatic rings. The van der Waals surface area contributed by atoms with Crippen LogP contribution in [0.4, 0.5) is 0 Å². The fraction of sp³-hybridized carbons (Fsp3) is 1.00. The van der Waals surface area contributed by atoms with Crippen LogP contribution in [0.15, 0.2) is 0 Å². The third-order valence-corrected chi connectivity index (χ3v) is 5.97. The fourth-order valence-corrected chi connectivity index (χ4v) is 3.92. The molecule has 0 radical (unpaired) electrons. The van der Waals surface area contributed by atoms with Crippen molar-refractivity contribution in [3.05, 3.63) is 0 Å². The molecular formula is C12H26N2O2S. The summed E-state index contributed by atoms with van der Waals surface area (Å²) in [5.74, 6) is 1.12. The molecule has 0 aromatic heterocycles. The first-order chi connectivity index (χ1) is 8.01. The predicted octanol–water partition coefficient (Wildman–Crippen LogP) is 1.47. The van der Waals surface area contributed by atoms with Crippen LogP contribution < -0.4 is 10.5 Å². The van der Waals surface area contributed by atoms with Crippen molar-refractivity contribution in [2.24, 2.45) is 17.6 Å². The number of hydrogen-bond donors (Lipinski definition) is 2. The fourth-order valence-electron chi connectivity index (χ4n) is 2.55. The molecule has 3 unspecified atom stereocenters. The molecule has 102 valence electrons. The number of hydrogen-bond acceptors (Lipinski definition) is 3. The van der Waals surface area contributed by atoms with Gasteiger partial charge < -0.3 is 5.73 Å². The van der Waals surface area contributed by atoms with E-state index in [1.807, 2.05) is 6.92 Å². The highest BCUT2D eigenvalue weighted by atomic mass is 32.2. The van der Waals surface area contributed by atoms with Gasteiger partial charge in [-0.2, -0.15) is 0 Å². The van der Waals surface area contributed by atoms with Gasteiger partial charge in [0.2, 0.25) is 10.0 Å². The third-order valence-electron chi connectivity index (χ3n) is 3.99. The van der Waals surface area contributed by atoms with Crippen molar-refractivity contribution in [2.75, 3.05) is 13.1 Å². The van der Waals surface area contributed by atoms with Gasteiger partial charge in [0.05, 0.1) is 5.25 Å². The lowest BCUT2D eigenvalue weighted by Crippen LogP contribution is -2.41. The Morgan fingerprint density at radius 1 is 1.35 bits per heavy atom. The maximum atomic E-state index is 12.0. The van der Waals surface area contributed by atoms with E-state index in [1.165, 1.54) is 19.3 Å². The van der Waals surface area contributed by atoms with E-state index in [2.05, 4.69) is 11.6 Å². The average molecular weight is 262 g/mol. The Balaban J connectivity index is 2.48. The number of nitrogens with one attached hydrogen (secondary N) is 1. The average Bonchev–Trinajstić information content (AvgIpc) is 2.29. The molecule has 1 aliphatic carbocycles. The van der Waals surface area contributed by atoms with E-state index < -0.39 is 15.3 Å². The van der Waals surface area contributed by atoms with Crippen molar-refractivity contribution in [3.63, 3.8) is 0 Å². The van der Waals surface area contributed by atoms with Gasteiger partial charge in [0.25, 0.3) is 0 Å². The second kappa shape index (κ2) is 6.71. The number of sulfonamides is 1. The Labute approximate surface area is 105 Å². The Morgan fingerprint density at radius 2 is 2.00 bits per heavy atom. The van der Waals surface area contributed by atoms with Crippen molar-refractivity contribution in [1.29, 1.82) is 0 Å². The first-order valence-electron chi connectivity index (χ1n) is 6.69. The zero-order valence-electron chi connectivity index (χ0n) is 11.0. The van der Waals surface area contributed by atoms with Crippen molar-refractivity contribution in [1.82, 2.24) is 4.72 Å². The molecule has 0 heterocycles. The van der Waals surface area contributed by atoms with Gasteiger partial charge in [-0.3, -0.25) is 0 Å². The molecule has 0 spiro atoms. The van der Waals surface area contributed by atoms with E-state index in [0.29, 0.717) is 24.8 Å². The highest BCUT2D eigenvalue weighted by Gasteiger charge is 2.26. The van der Waals surface area contributed by atoms with Gasteiger partial charge in [-0.25, -0.2) is 13.1 Å². The molecule has 0 aromatic carbocycles. The smallest absolute Gasteiger partial charge is 0.215 e. The Bertz CT molecular complexity index is 312. The summed E-state index contributed by atoms with van der Waals surface area (Å²) in [4.78, 5) is 0. The van der Waals surface area contributed by atoms with Gasteiger partial charge in [-0.1, -0.05) is 33.1 Å². The summed E-state index contributed by atoms with van der Waals surface area (Å²) in [6.07, 6.45) is 5.45. The summed E-state index contributed by atoms with van der Waals surface area (Å²) in [7, 11) is -3.22. The van der Waals surface area contributed by atoms with Crippen LogP contribution in [-0.4, -0.2) is 26.8 Å². The standard InChI is InChI=1S/C12H26N2O2S/c1-3-12(8-13)17(15,16)14-9-11-7-5-4-6-10(11)2/h10-12,14H,3-9,13H2,1-2H3. The summed E-state index contributed by atoms with van der Waals surface area (Å²) in [6, 6.07) is 0. The minimum Gasteiger partial charge on any atom is -0.329 e. The maximum absolute atomic E-state index is 12.0. The third kappa shape index (κ3) is 4.23. The molecule has 3 atom stereocenters. The molecule has 5 heteroatoms. The first kappa shape index (κ1) is 14.9. The molecule has 1 aliphatic rings. The zero-order chi connectivity index (χ0) is 12.9. The molecule has 1 fully saturated rings. The highest BCUT2D eigenvalue weighted by molar-refractivity contribution is 7.90. The molecular weight excluding hydrogens is 236 g/mol. The molecule has 17 heavy (non-hydrogen) atoms. The van der Waals surface area contributed by atoms with Gasteiger partial charge in [0.1, 0.15) is 0 Å². The number of nitrogens with two attached hydrogens (primary N) is 1. The minimum absolute atomic E-state index is 0.200. The van der Waals surface area contributed by atoms with E-state index in [-0.39, 0.29) is 6.54 Å². The zero-order valence-corrected chi connectivity index (χ0v) is 11.8. The summed E-state index contributed by atoms with van der Waals surface area (Å²) in [5.41, 5.74) is 5.49. The maximum Gasteiger partial charge on any atom is 0.215 e. The van der Waals surface area contributed by atoms with Gasteiger partial charge >= 0.3 is 0 Å². The SMILES string of the molecule is CCC(CN)S(=O)(=O)NCC1CCCCC1C. The monoisotopic (exact) mass is 262 g/mol. The van der Waals surface area contributed by atoms with Crippen molar-refractivity contribution in [2.45, 2.75) is 51.2 Å². The van der Waals surface area contributed by atoms with E-state index in [1.54, 1.807) is 0 Å². The van der Waals surface area contributed by atoms with E-state index in [9.17, 15) is 8.42 Å². The lowest BCUT2D eigenvalue weighted by Gasteiger charge is -2.29. The summed E-state index contributed by atoms with van der Waals surface area (Å²) >= 11 is 0. The van der Waals surface area contributed by atoms with Gasteiger partial charge in [-0.05, 0) is 24.7 Å². The van der Waals surface area contributed by atoms with Crippen LogP contribution in [0.2, 0.25) is 0 Å². The van der Waals surface area contributed by atoms with E-state index in [0.717, 1.165) is 6.42 Å². The molecule has 0 amide bonds. The topological polar surface area (TPSA) is 72.2 Å². The van der Waals surface area contributed by atoms with E-state index in [4.69, 9.17) is 5.73 Å². The van der Waals surface area contributed by atoms with Crippen LogP contribution in [-0.2, 0) is 10.0 Å². The molecule has 1 saturated carbocycles. The largest absolute Gasteiger partial charge is 0.329 e. The second-order valence-electron chi connectivity index (χ2n) is 5.18. The molecule has 0 aliphatic heterocycles. The van der Waals surface area contributed by atoms with Gasteiger partial charge in [0, 0.05) is 13.1 Å². The van der Waals surface area contributed by atoms with Crippen molar-refractivity contribution >= 4 is 10.0 Å². The molecule has 1 rings (SSSR count). The summed E-state index contributed by atoms with van der Waals surface area (Å²) in [6.45, 7) is 4.87. The van der Waals surface area contributed by atoms with Crippen LogP contribution in [0.3, 0.4) is 0 Å². The van der Waals surface area contributed by atoms with Crippen molar-refractivity contribution < 1.29 is 8.42 Å². The highest BCUT2D eigenvalue weighted by Crippen LogP contribution is 2.29. The minimum atomic E-state index is -3.22. The van der Waals surface area contributed by atoms with Crippen LogP contribution in [0.1, 0.15) is 46.0 Å². The Kier molecular flexibility index (Phi) is 5.89. The van der Waals surface area contributed by atoms with Crippen LogP contribution in [0.25, 0.3) is 0 Å². The molecule has 0 bridgehead atoms. The molecule has 4 nitrogen and oxygen atoms in total. The summed E-state index contributed by atoms with van der Waals surface area (Å²) < 4.78 is 26.7. The number of rotatable bonds is 6. The van der Waals surface area contributed by atoms with Crippen LogP contribution in [0, 0.1) is 11.8 Å². The molecule has 3 N–H and O–H groups in total. The lowest BCUT2D eigenvalue weighted by molar-refractivity contribution is 0.257. The normalized spacial score (nSPS) is 27.9. The molecule has 0 saturated heterocycles. The van der Waals surface area contributed by atoms with Crippen molar-refractivity contribution in [3.8, 4) is 0 Å². The van der Waals surface area contributed by atoms with E-state index >= 15 is 0 Å². The van der Waals surface area contributed by atoms with Crippen LogP contribution >= 0.6 is 0 Å². The Hall–Kier alpha value is -0.130. The summed E-state index contributed by atoms with van der Waals surface area (Å²) in [5, 5.41) is -0.443. The van der Waals surface area contributed by atoms with Crippen LogP contribution in [0.5, 0.6) is 0 Å². The lowest BCUT2D eigenvalue weighted by atomic mass is 9.81. The van der Waals surface area contributed by atoms with Gasteiger partial charge in [0.15, 0.2) is 0 Å². The van der Waals surface area contributed by atoms with Gasteiger partial charge in [-0.15, -0.1) is 0 Å². The second-order valence-corrected chi connectivity index (χ2v) is 7.23. The quantitative estimate of drug-likeness (QED) is 0.761. The first-order valence-corrected chi connectivity index (χ1v) is 8.24. The predicted molar refractivity (Wildman–Crippen MR) is 71.2 cm³/mol.